The lowest BCUT2D eigenvalue weighted by atomic mass is 10.0. The van der Waals surface area contributed by atoms with Gasteiger partial charge in [-0.1, -0.05) is 30.3 Å². The van der Waals surface area contributed by atoms with Gasteiger partial charge in [0.2, 0.25) is 5.67 Å². The number of amides is 1. The number of carbonyl (C=O) groups excluding carboxylic acids is 1. The molecule has 3 rings (SSSR count). The monoisotopic (exact) mass is 330 g/mol. The molecule has 1 N–H and O–H groups in total. The molecule has 2 aromatic rings. The molecule has 24 heavy (non-hydrogen) atoms. The Morgan fingerprint density at radius 1 is 1.25 bits per heavy atom. The second-order valence-corrected chi connectivity index (χ2v) is 6.20. The molecule has 5 heteroatoms. The number of rotatable bonds is 4. The summed E-state index contributed by atoms with van der Waals surface area (Å²) in [5.74, 6) is -0.925. The van der Waals surface area contributed by atoms with Crippen LogP contribution < -0.4 is 10.2 Å². The summed E-state index contributed by atoms with van der Waals surface area (Å²) in [5.41, 5.74) is -0.0956. The van der Waals surface area contributed by atoms with Gasteiger partial charge in [0.15, 0.2) is 0 Å². The van der Waals surface area contributed by atoms with Crippen LogP contribution in [0.1, 0.15) is 17.5 Å². The molecule has 0 aromatic heterocycles. The molecule has 0 bridgehead atoms. The van der Waals surface area contributed by atoms with E-state index in [0.29, 0.717) is 17.8 Å². The maximum atomic E-state index is 15.0. The van der Waals surface area contributed by atoms with Crippen molar-refractivity contribution in [3.63, 3.8) is 0 Å². The first-order chi connectivity index (χ1) is 11.5. The molecule has 0 saturated carbocycles. The zero-order valence-corrected chi connectivity index (χ0v) is 13.6. The molecule has 126 valence electrons. The fraction of sp³-hybridized carbons (Fsp3) is 0.316. The van der Waals surface area contributed by atoms with Crippen molar-refractivity contribution in [1.29, 1.82) is 0 Å². The first-order valence-electron chi connectivity index (χ1n) is 8.01. The Hall–Kier alpha value is -2.27. The molecule has 1 atom stereocenters. The summed E-state index contributed by atoms with van der Waals surface area (Å²) in [6.45, 7) is 2.37. The predicted octanol–water partition coefficient (Wildman–Crippen LogP) is 3.37. The van der Waals surface area contributed by atoms with Crippen LogP contribution in [-0.4, -0.2) is 24.7 Å². The number of alkyl halides is 1. The van der Waals surface area contributed by atoms with E-state index in [2.05, 4.69) is 5.32 Å². The Balaban J connectivity index is 1.96. The summed E-state index contributed by atoms with van der Waals surface area (Å²) in [6.07, 6.45) is 0.150. The summed E-state index contributed by atoms with van der Waals surface area (Å²) < 4.78 is 28.6. The molecule has 3 nitrogen and oxygen atoms in total. The number of nitrogens with zero attached hydrogens (tertiary/aromatic N) is 1. The molecular formula is C19H20F2N2O. The summed E-state index contributed by atoms with van der Waals surface area (Å²) in [6, 6.07) is 13.8. The molecule has 0 aliphatic carbocycles. The van der Waals surface area contributed by atoms with Crippen LogP contribution in [0.25, 0.3) is 0 Å². The zero-order valence-electron chi connectivity index (χ0n) is 13.6. The van der Waals surface area contributed by atoms with Crippen LogP contribution in [0.2, 0.25) is 0 Å². The van der Waals surface area contributed by atoms with E-state index in [4.69, 9.17) is 0 Å². The average molecular weight is 330 g/mol. The summed E-state index contributed by atoms with van der Waals surface area (Å²) in [4.78, 5) is 14.3. The summed E-state index contributed by atoms with van der Waals surface area (Å²) >= 11 is 0. The summed E-state index contributed by atoms with van der Waals surface area (Å²) in [5, 5.41) is 2.90. The average Bonchev–Trinajstić information content (AvgIpc) is 3.04. The number of nitrogens with one attached hydrogen (secondary N) is 1. The molecule has 1 heterocycles. The second kappa shape index (κ2) is 6.69. The molecule has 1 unspecified atom stereocenters. The normalized spacial score (nSPS) is 20.1. The third kappa shape index (κ3) is 3.31. The third-order valence-corrected chi connectivity index (χ3v) is 4.37. The van der Waals surface area contributed by atoms with E-state index < -0.39 is 11.6 Å². The lowest BCUT2D eigenvalue weighted by molar-refractivity contribution is -0.129. The van der Waals surface area contributed by atoms with E-state index >= 15 is 0 Å². The molecule has 0 radical (unpaired) electrons. The standard InChI is InChI=1S/C19H20F2N2O/c1-14-11-16(7-8-17(14)20)23(12-15-5-3-2-4-6-15)18(24)19(21)9-10-22-13-19/h2-8,11,22H,9-10,12-13H2,1H3. The van der Waals surface area contributed by atoms with Gasteiger partial charge in [0.05, 0.1) is 6.54 Å². The van der Waals surface area contributed by atoms with E-state index in [1.165, 1.54) is 17.0 Å². The lowest BCUT2D eigenvalue weighted by Gasteiger charge is -2.29. The van der Waals surface area contributed by atoms with Gasteiger partial charge in [-0.15, -0.1) is 0 Å². The number of halogens is 2. The van der Waals surface area contributed by atoms with Gasteiger partial charge in [-0.2, -0.15) is 0 Å². The zero-order chi connectivity index (χ0) is 17.2. The maximum Gasteiger partial charge on any atom is 0.266 e. The van der Waals surface area contributed by atoms with Gasteiger partial charge >= 0.3 is 0 Å². The van der Waals surface area contributed by atoms with Crippen LogP contribution in [0.5, 0.6) is 0 Å². The highest BCUT2D eigenvalue weighted by Gasteiger charge is 2.44. The molecular weight excluding hydrogens is 310 g/mol. The Kier molecular flexibility index (Phi) is 4.62. The fourth-order valence-electron chi connectivity index (χ4n) is 2.93. The van der Waals surface area contributed by atoms with Gasteiger partial charge in [0.1, 0.15) is 5.82 Å². The number of carbonyl (C=O) groups is 1. The van der Waals surface area contributed by atoms with Gasteiger partial charge in [0, 0.05) is 18.7 Å². The van der Waals surface area contributed by atoms with Gasteiger partial charge in [-0.25, -0.2) is 8.78 Å². The fourth-order valence-corrected chi connectivity index (χ4v) is 2.93. The van der Waals surface area contributed by atoms with E-state index in [0.717, 1.165) is 5.56 Å². The predicted molar refractivity (Wildman–Crippen MR) is 90.1 cm³/mol. The van der Waals surface area contributed by atoms with E-state index in [9.17, 15) is 13.6 Å². The third-order valence-electron chi connectivity index (χ3n) is 4.37. The van der Waals surface area contributed by atoms with Crippen molar-refractivity contribution in [2.45, 2.75) is 25.6 Å². The first-order valence-corrected chi connectivity index (χ1v) is 8.01. The van der Waals surface area contributed by atoms with Crippen molar-refractivity contribution in [1.82, 2.24) is 5.32 Å². The van der Waals surface area contributed by atoms with Crippen molar-refractivity contribution in [2.75, 3.05) is 18.0 Å². The van der Waals surface area contributed by atoms with Crippen LogP contribution >= 0.6 is 0 Å². The highest BCUT2D eigenvalue weighted by molar-refractivity contribution is 5.99. The van der Waals surface area contributed by atoms with Gasteiger partial charge in [-0.3, -0.25) is 4.79 Å². The smallest absolute Gasteiger partial charge is 0.266 e. The lowest BCUT2D eigenvalue weighted by Crippen LogP contribution is -2.47. The molecule has 1 saturated heterocycles. The Morgan fingerprint density at radius 3 is 2.62 bits per heavy atom. The van der Waals surface area contributed by atoms with Crippen molar-refractivity contribution < 1.29 is 13.6 Å². The topological polar surface area (TPSA) is 32.3 Å². The number of hydrogen-bond donors (Lipinski definition) is 1. The van der Waals surface area contributed by atoms with Crippen LogP contribution in [0.3, 0.4) is 0 Å². The molecule has 1 fully saturated rings. The number of aryl methyl sites for hydroxylation is 1. The number of anilines is 1. The molecule has 2 aromatic carbocycles. The molecule has 1 aliphatic heterocycles. The Morgan fingerprint density at radius 2 is 2.00 bits per heavy atom. The van der Waals surface area contributed by atoms with E-state index in [1.54, 1.807) is 13.0 Å². The molecule has 1 amide bonds. The SMILES string of the molecule is Cc1cc(N(Cc2ccccc2)C(=O)C2(F)CCNC2)ccc1F. The Bertz CT molecular complexity index is 727. The van der Waals surface area contributed by atoms with Crippen molar-refractivity contribution in [3.05, 3.63) is 65.5 Å². The quantitative estimate of drug-likeness (QED) is 0.932. The van der Waals surface area contributed by atoms with Crippen LogP contribution in [0.4, 0.5) is 14.5 Å². The minimum Gasteiger partial charge on any atom is -0.313 e. The van der Waals surface area contributed by atoms with Gasteiger partial charge in [0.25, 0.3) is 5.91 Å². The van der Waals surface area contributed by atoms with E-state index in [-0.39, 0.29) is 25.3 Å². The minimum absolute atomic E-state index is 0.0112. The minimum atomic E-state index is -1.92. The highest BCUT2D eigenvalue weighted by Crippen LogP contribution is 2.28. The maximum absolute atomic E-state index is 15.0. The van der Waals surface area contributed by atoms with Crippen molar-refractivity contribution in [3.8, 4) is 0 Å². The first kappa shape index (κ1) is 16.6. The summed E-state index contributed by atoms with van der Waals surface area (Å²) in [7, 11) is 0. The van der Waals surface area contributed by atoms with Crippen LogP contribution in [0.15, 0.2) is 48.5 Å². The van der Waals surface area contributed by atoms with Crippen LogP contribution in [-0.2, 0) is 11.3 Å². The largest absolute Gasteiger partial charge is 0.313 e. The van der Waals surface area contributed by atoms with Crippen molar-refractivity contribution in [2.24, 2.45) is 0 Å². The van der Waals surface area contributed by atoms with E-state index in [1.807, 2.05) is 30.3 Å². The van der Waals surface area contributed by atoms with Crippen LogP contribution in [0, 0.1) is 12.7 Å². The highest BCUT2D eigenvalue weighted by atomic mass is 19.1. The molecule has 1 aliphatic rings. The van der Waals surface area contributed by atoms with Crippen molar-refractivity contribution >= 4 is 11.6 Å². The van der Waals surface area contributed by atoms with Gasteiger partial charge in [-0.05, 0) is 42.8 Å². The Labute approximate surface area is 140 Å². The number of hydrogen-bond acceptors (Lipinski definition) is 2. The van der Waals surface area contributed by atoms with Gasteiger partial charge < -0.3 is 10.2 Å². The second-order valence-electron chi connectivity index (χ2n) is 6.20. The molecule has 0 spiro atoms. The number of benzene rings is 2.